The number of anilines is 2. The summed E-state index contributed by atoms with van der Waals surface area (Å²) in [4.78, 5) is 25.1. The third-order valence-corrected chi connectivity index (χ3v) is 5.80. The van der Waals surface area contributed by atoms with Crippen molar-refractivity contribution in [2.75, 3.05) is 45.7 Å². The highest BCUT2D eigenvalue weighted by Gasteiger charge is 2.24. The van der Waals surface area contributed by atoms with Gasteiger partial charge in [0, 0.05) is 39.3 Å². The van der Waals surface area contributed by atoms with Crippen molar-refractivity contribution >= 4 is 17.7 Å². The third-order valence-electron chi connectivity index (χ3n) is 5.80. The number of nitrogens with one attached hydrogen (secondary N) is 1. The van der Waals surface area contributed by atoms with Crippen LogP contribution in [0.3, 0.4) is 0 Å². The summed E-state index contributed by atoms with van der Waals surface area (Å²) in [6.07, 6.45) is 2.74. The second kappa shape index (κ2) is 10.2. The van der Waals surface area contributed by atoms with Crippen molar-refractivity contribution in [3.05, 3.63) is 53.0 Å². The van der Waals surface area contributed by atoms with Gasteiger partial charge < -0.3 is 24.6 Å². The van der Waals surface area contributed by atoms with Crippen LogP contribution < -0.4 is 14.8 Å². The number of methoxy groups -OCH3 is 1. The van der Waals surface area contributed by atoms with Crippen LogP contribution in [-0.4, -0.2) is 75.8 Å². The van der Waals surface area contributed by atoms with Gasteiger partial charge in [0.05, 0.1) is 25.1 Å². The maximum atomic E-state index is 14.4. The summed E-state index contributed by atoms with van der Waals surface area (Å²) >= 11 is 0. The fourth-order valence-electron chi connectivity index (χ4n) is 3.71. The molecular formula is C23H27F2N7O3. The number of carbonyl (C=O) groups is 1. The van der Waals surface area contributed by atoms with Crippen LogP contribution in [0.15, 0.2) is 24.5 Å². The number of hydrogen-bond acceptors (Lipinski definition) is 8. The first-order chi connectivity index (χ1) is 16.8. The molecule has 1 fully saturated rings. The molecule has 3 aromatic rings. The number of amides is 1. The van der Waals surface area contributed by atoms with Gasteiger partial charge in [-0.25, -0.2) is 18.7 Å². The predicted molar refractivity (Wildman–Crippen MR) is 124 cm³/mol. The average molecular weight is 488 g/mol. The molecule has 35 heavy (non-hydrogen) atoms. The normalized spacial score (nSPS) is 14.2. The molecule has 1 amide bonds. The zero-order valence-corrected chi connectivity index (χ0v) is 20.0. The molecule has 0 saturated carbocycles. The van der Waals surface area contributed by atoms with Crippen LogP contribution in [0, 0.1) is 18.6 Å². The van der Waals surface area contributed by atoms with E-state index in [-0.39, 0.29) is 41.1 Å². The fraction of sp³-hybridized carbons (Fsp3) is 0.391. The average Bonchev–Trinajstić information content (AvgIpc) is 3.22. The standard InChI is InChI=1S/C23H27F2N7O3/c1-14-9-18(34-4)21(25)16(20(14)24)13-35-15-11-26-23(27-12-15)28-19-10-17(31(3)29-19)22(33)32-7-5-30(2)6-8-32/h9-12H,5-8,13H2,1-4H3,(H,26,27,28,29). The van der Waals surface area contributed by atoms with E-state index in [0.717, 1.165) is 13.1 Å². The molecule has 2 aromatic heterocycles. The van der Waals surface area contributed by atoms with Crippen molar-refractivity contribution in [1.29, 1.82) is 0 Å². The molecule has 0 atom stereocenters. The van der Waals surface area contributed by atoms with Crippen molar-refractivity contribution in [2.45, 2.75) is 13.5 Å². The monoisotopic (exact) mass is 487 g/mol. The van der Waals surface area contributed by atoms with Gasteiger partial charge in [0.2, 0.25) is 5.95 Å². The number of benzene rings is 1. The summed E-state index contributed by atoms with van der Waals surface area (Å²) in [5.74, 6) is -0.788. The van der Waals surface area contributed by atoms with E-state index in [1.54, 1.807) is 18.0 Å². The molecule has 0 aliphatic carbocycles. The van der Waals surface area contributed by atoms with E-state index < -0.39 is 11.6 Å². The maximum Gasteiger partial charge on any atom is 0.272 e. The van der Waals surface area contributed by atoms with Gasteiger partial charge >= 0.3 is 0 Å². The molecule has 0 spiro atoms. The largest absolute Gasteiger partial charge is 0.494 e. The topological polar surface area (TPSA) is 97.6 Å². The van der Waals surface area contributed by atoms with Crippen molar-refractivity contribution in [2.24, 2.45) is 7.05 Å². The first-order valence-corrected chi connectivity index (χ1v) is 11.0. The van der Waals surface area contributed by atoms with Crippen LogP contribution >= 0.6 is 0 Å². The van der Waals surface area contributed by atoms with Crippen LogP contribution in [-0.2, 0) is 13.7 Å². The highest BCUT2D eigenvalue weighted by Crippen LogP contribution is 2.27. The summed E-state index contributed by atoms with van der Waals surface area (Å²) in [5, 5.41) is 7.27. The Kier molecular flexibility index (Phi) is 7.10. The molecular weight excluding hydrogens is 460 g/mol. The van der Waals surface area contributed by atoms with E-state index in [2.05, 4.69) is 25.3 Å². The molecule has 1 aliphatic rings. The Bertz CT molecular complexity index is 1210. The molecule has 12 heteroatoms. The van der Waals surface area contributed by atoms with E-state index in [4.69, 9.17) is 9.47 Å². The summed E-state index contributed by atoms with van der Waals surface area (Å²) in [5.41, 5.74) is 0.461. The van der Waals surface area contributed by atoms with Gasteiger partial charge in [-0.15, -0.1) is 0 Å². The number of rotatable bonds is 7. The number of halogens is 2. The molecule has 3 heterocycles. The second-order valence-corrected chi connectivity index (χ2v) is 8.29. The number of hydrogen-bond donors (Lipinski definition) is 1. The van der Waals surface area contributed by atoms with Crippen LogP contribution in [0.2, 0.25) is 0 Å². The Labute approximate surface area is 201 Å². The lowest BCUT2D eigenvalue weighted by Crippen LogP contribution is -2.47. The molecule has 1 aromatic carbocycles. The molecule has 1 saturated heterocycles. The highest BCUT2D eigenvalue weighted by atomic mass is 19.1. The predicted octanol–water partition coefficient (Wildman–Crippen LogP) is 2.52. The Morgan fingerprint density at radius 3 is 2.43 bits per heavy atom. The van der Waals surface area contributed by atoms with Crippen molar-refractivity contribution in [3.8, 4) is 11.5 Å². The minimum absolute atomic E-state index is 0.0564. The van der Waals surface area contributed by atoms with Crippen molar-refractivity contribution in [3.63, 3.8) is 0 Å². The molecule has 186 valence electrons. The number of likely N-dealkylation sites (N-methyl/N-ethyl adjacent to an activating group) is 1. The van der Waals surface area contributed by atoms with E-state index in [1.807, 2.05) is 7.05 Å². The van der Waals surface area contributed by atoms with Crippen molar-refractivity contribution in [1.82, 2.24) is 29.5 Å². The van der Waals surface area contributed by atoms with Crippen LogP contribution in [0.1, 0.15) is 21.6 Å². The number of aromatic nitrogens is 4. The maximum absolute atomic E-state index is 14.4. The Morgan fingerprint density at radius 1 is 1.09 bits per heavy atom. The van der Waals surface area contributed by atoms with E-state index in [9.17, 15) is 13.6 Å². The number of aryl methyl sites for hydroxylation is 2. The van der Waals surface area contributed by atoms with Crippen LogP contribution in [0.5, 0.6) is 11.5 Å². The Balaban J connectivity index is 1.39. The minimum Gasteiger partial charge on any atom is -0.494 e. The zero-order valence-electron chi connectivity index (χ0n) is 20.0. The van der Waals surface area contributed by atoms with Gasteiger partial charge in [0.1, 0.15) is 18.1 Å². The smallest absolute Gasteiger partial charge is 0.272 e. The van der Waals surface area contributed by atoms with Crippen LogP contribution in [0.25, 0.3) is 0 Å². The summed E-state index contributed by atoms with van der Waals surface area (Å²) in [7, 11) is 5.04. The van der Waals surface area contributed by atoms with Crippen LogP contribution in [0.4, 0.5) is 20.5 Å². The van der Waals surface area contributed by atoms with E-state index in [0.29, 0.717) is 24.6 Å². The Hall–Kier alpha value is -3.80. The highest BCUT2D eigenvalue weighted by molar-refractivity contribution is 5.93. The van der Waals surface area contributed by atoms with E-state index in [1.165, 1.54) is 37.2 Å². The van der Waals surface area contributed by atoms with Gasteiger partial charge in [0.25, 0.3) is 5.91 Å². The summed E-state index contributed by atoms with van der Waals surface area (Å²) < 4.78 is 40.7. The number of piperazine rings is 1. The zero-order chi connectivity index (χ0) is 25.1. The lowest BCUT2D eigenvalue weighted by molar-refractivity contribution is 0.0653. The SMILES string of the molecule is COc1cc(C)c(F)c(COc2cnc(Nc3cc(C(=O)N4CCN(C)CC4)n(C)n3)nc2)c1F. The number of nitrogens with zero attached hydrogens (tertiary/aromatic N) is 6. The van der Waals surface area contributed by atoms with E-state index >= 15 is 0 Å². The van der Waals surface area contributed by atoms with Gasteiger partial charge in [-0.2, -0.15) is 5.10 Å². The third kappa shape index (κ3) is 5.32. The number of ether oxygens (including phenoxy) is 2. The lowest BCUT2D eigenvalue weighted by Gasteiger charge is -2.32. The first-order valence-electron chi connectivity index (χ1n) is 11.0. The summed E-state index contributed by atoms with van der Waals surface area (Å²) in [6.45, 7) is 4.14. The van der Waals surface area contributed by atoms with Gasteiger partial charge in [-0.05, 0) is 25.6 Å². The molecule has 0 bridgehead atoms. The van der Waals surface area contributed by atoms with Gasteiger partial charge in [0.15, 0.2) is 23.1 Å². The fourth-order valence-corrected chi connectivity index (χ4v) is 3.71. The molecule has 4 rings (SSSR count). The van der Waals surface area contributed by atoms with Gasteiger partial charge in [-0.3, -0.25) is 9.48 Å². The molecule has 1 N–H and O–H groups in total. The molecule has 0 unspecified atom stereocenters. The second-order valence-electron chi connectivity index (χ2n) is 8.29. The molecule has 1 aliphatic heterocycles. The van der Waals surface area contributed by atoms with Crippen molar-refractivity contribution < 1.29 is 23.0 Å². The molecule has 10 nitrogen and oxygen atoms in total. The quantitative estimate of drug-likeness (QED) is 0.543. The van der Waals surface area contributed by atoms with Gasteiger partial charge in [-0.1, -0.05) is 0 Å². The summed E-state index contributed by atoms with van der Waals surface area (Å²) in [6, 6.07) is 2.94. The number of carbonyl (C=O) groups excluding carboxylic acids is 1. The minimum atomic E-state index is -0.813. The lowest BCUT2D eigenvalue weighted by atomic mass is 10.1. The Morgan fingerprint density at radius 2 is 1.77 bits per heavy atom. The first kappa shape index (κ1) is 24.3. The molecule has 0 radical (unpaired) electrons.